The lowest BCUT2D eigenvalue weighted by Crippen LogP contribution is -2.09. The van der Waals surface area contributed by atoms with Crippen LogP contribution >= 0.6 is 11.8 Å². The summed E-state index contributed by atoms with van der Waals surface area (Å²) in [7, 11) is 1.69. The van der Waals surface area contributed by atoms with Crippen LogP contribution in [0.25, 0.3) is 0 Å². The predicted octanol–water partition coefficient (Wildman–Crippen LogP) is 2.64. The van der Waals surface area contributed by atoms with E-state index >= 15 is 0 Å². The highest BCUT2D eigenvalue weighted by atomic mass is 32.2. The molecular formula is C14H19N5OS. The molecule has 0 aliphatic carbocycles. The van der Waals surface area contributed by atoms with Crippen molar-refractivity contribution in [1.29, 1.82) is 0 Å². The topological polar surface area (TPSA) is 86.0 Å². The van der Waals surface area contributed by atoms with Crippen LogP contribution in [0.3, 0.4) is 0 Å². The number of aromatic nitrogens is 3. The molecule has 1 heterocycles. The van der Waals surface area contributed by atoms with E-state index in [4.69, 9.17) is 10.5 Å². The van der Waals surface area contributed by atoms with Gasteiger partial charge in [0.2, 0.25) is 11.9 Å². The van der Waals surface area contributed by atoms with E-state index in [2.05, 4.69) is 20.3 Å². The first-order valence-electron chi connectivity index (χ1n) is 6.63. The molecule has 0 amide bonds. The molecule has 0 saturated carbocycles. The summed E-state index contributed by atoms with van der Waals surface area (Å²) in [5.74, 6) is 2.23. The Morgan fingerprint density at radius 2 is 2.00 bits per heavy atom. The van der Waals surface area contributed by atoms with Gasteiger partial charge in [-0.3, -0.25) is 0 Å². The van der Waals surface area contributed by atoms with Gasteiger partial charge in [0, 0.05) is 18.6 Å². The number of nitrogens with one attached hydrogen (secondary N) is 1. The Hall–Kier alpha value is -1.86. The highest BCUT2D eigenvalue weighted by Crippen LogP contribution is 2.26. The minimum atomic E-state index is 0.127. The van der Waals surface area contributed by atoms with Crippen molar-refractivity contribution in [3.8, 4) is 0 Å². The molecule has 1 unspecified atom stereocenters. The summed E-state index contributed by atoms with van der Waals surface area (Å²) >= 11 is 1.72. The number of anilines is 3. The van der Waals surface area contributed by atoms with Crippen LogP contribution in [0.1, 0.15) is 18.0 Å². The van der Waals surface area contributed by atoms with Gasteiger partial charge in [0.05, 0.1) is 11.9 Å². The average molecular weight is 305 g/mol. The number of nitrogens with zero attached hydrogens (tertiary/aromatic N) is 3. The maximum Gasteiger partial charge on any atom is 0.232 e. The zero-order chi connectivity index (χ0) is 15.1. The number of hydrogen-bond donors (Lipinski definition) is 2. The Balaban J connectivity index is 2.09. The van der Waals surface area contributed by atoms with Crippen molar-refractivity contribution in [2.75, 3.05) is 30.5 Å². The number of ether oxygens (including phenoxy) is 1. The Morgan fingerprint density at radius 1 is 1.24 bits per heavy atom. The zero-order valence-corrected chi connectivity index (χ0v) is 12.9. The van der Waals surface area contributed by atoms with Gasteiger partial charge >= 0.3 is 0 Å². The summed E-state index contributed by atoms with van der Waals surface area (Å²) in [6.45, 7) is 2.74. The van der Waals surface area contributed by atoms with Crippen LogP contribution in [0.15, 0.2) is 30.3 Å². The maximum absolute atomic E-state index is 5.77. The van der Waals surface area contributed by atoms with Gasteiger partial charge in [0.25, 0.3) is 0 Å². The first-order chi connectivity index (χ1) is 10.2. The first-order valence-corrected chi connectivity index (χ1v) is 7.68. The third kappa shape index (κ3) is 4.87. The second-order valence-electron chi connectivity index (χ2n) is 4.37. The van der Waals surface area contributed by atoms with Gasteiger partial charge in [0.1, 0.15) is 5.82 Å². The second-order valence-corrected chi connectivity index (χ2v) is 5.82. The van der Waals surface area contributed by atoms with Crippen LogP contribution in [0, 0.1) is 0 Å². The van der Waals surface area contributed by atoms with Crippen molar-refractivity contribution in [2.45, 2.75) is 12.2 Å². The van der Waals surface area contributed by atoms with Crippen molar-refractivity contribution < 1.29 is 4.74 Å². The standard InChI is InChI=1S/C14H19N5OS/c1-10(21-9-8-20-2)12-17-13(15)19-14(18-12)16-11-6-4-3-5-7-11/h3-7,10H,8-9H2,1-2H3,(H3,15,16,17,18,19). The number of thioether (sulfide) groups is 1. The Bertz CT molecular complexity index is 567. The van der Waals surface area contributed by atoms with Gasteiger partial charge in [-0.2, -0.15) is 15.0 Å². The van der Waals surface area contributed by atoms with E-state index in [-0.39, 0.29) is 11.2 Å². The highest BCUT2D eigenvalue weighted by molar-refractivity contribution is 7.99. The minimum absolute atomic E-state index is 0.127. The third-order valence-electron chi connectivity index (χ3n) is 2.72. The number of nitrogens with two attached hydrogens (primary N) is 1. The molecule has 0 aliphatic heterocycles. The molecular weight excluding hydrogens is 286 g/mol. The van der Waals surface area contributed by atoms with E-state index < -0.39 is 0 Å². The van der Waals surface area contributed by atoms with E-state index in [9.17, 15) is 0 Å². The van der Waals surface area contributed by atoms with Gasteiger partial charge in [-0.1, -0.05) is 18.2 Å². The molecule has 0 aliphatic rings. The lowest BCUT2D eigenvalue weighted by Gasteiger charge is -2.12. The van der Waals surface area contributed by atoms with Gasteiger partial charge in [-0.15, -0.1) is 11.8 Å². The van der Waals surface area contributed by atoms with Crippen LogP contribution in [0.4, 0.5) is 17.6 Å². The summed E-state index contributed by atoms with van der Waals surface area (Å²) in [6.07, 6.45) is 0. The number of hydrogen-bond acceptors (Lipinski definition) is 7. The highest BCUT2D eigenvalue weighted by Gasteiger charge is 2.12. The molecule has 0 radical (unpaired) electrons. The summed E-state index contributed by atoms with van der Waals surface area (Å²) < 4.78 is 5.04. The molecule has 0 spiro atoms. The van der Waals surface area contributed by atoms with E-state index in [0.29, 0.717) is 18.4 Å². The van der Waals surface area contributed by atoms with Crippen LogP contribution in [-0.2, 0) is 4.74 Å². The summed E-state index contributed by atoms with van der Waals surface area (Å²) in [4.78, 5) is 12.8. The Labute approximate surface area is 128 Å². The number of benzene rings is 1. The molecule has 0 bridgehead atoms. The number of rotatable bonds is 7. The van der Waals surface area contributed by atoms with E-state index in [1.165, 1.54) is 0 Å². The maximum atomic E-state index is 5.77. The molecule has 1 atom stereocenters. The van der Waals surface area contributed by atoms with Crippen molar-refractivity contribution >= 4 is 29.3 Å². The molecule has 21 heavy (non-hydrogen) atoms. The molecule has 0 fully saturated rings. The van der Waals surface area contributed by atoms with Gasteiger partial charge in [-0.05, 0) is 19.1 Å². The van der Waals surface area contributed by atoms with Crippen LogP contribution in [0.5, 0.6) is 0 Å². The smallest absolute Gasteiger partial charge is 0.232 e. The average Bonchev–Trinajstić information content (AvgIpc) is 2.48. The molecule has 2 aromatic rings. The normalized spacial score (nSPS) is 12.1. The molecule has 112 valence electrons. The predicted molar refractivity (Wildman–Crippen MR) is 86.7 cm³/mol. The SMILES string of the molecule is COCCSC(C)c1nc(N)nc(Nc2ccccc2)n1. The van der Waals surface area contributed by atoms with Crippen molar-refractivity contribution in [2.24, 2.45) is 0 Å². The fraction of sp³-hybridized carbons (Fsp3) is 0.357. The Morgan fingerprint density at radius 3 is 2.71 bits per heavy atom. The van der Waals surface area contributed by atoms with Crippen molar-refractivity contribution in [3.05, 3.63) is 36.2 Å². The molecule has 0 saturated heterocycles. The minimum Gasteiger partial charge on any atom is -0.384 e. The molecule has 1 aromatic heterocycles. The van der Waals surface area contributed by atoms with Gasteiger partial charge in [0.15, 0.2) is 0 Å². The zero-order valence-electron chi connectivity index (χ0n) is 12.1. The first kappa shape index (κ1) is 15.5. The van der Waals surface area contributed by atoms with Crippen LogP contribution < -0.4 is 11.1 Å². The van der Waals surface area contributed by atoms with Gasteiger partial charge < -0.3 is 15.8 Å². The number of nitrogen functional groups attached to an aromatic ring is 1. The fourth-order valence-electron chi connectivity index (χ4n) is 1.68. The number of methoxy groups -OCH3 is 1. The second kappa shape index (κ2) is 7.80. The quantitative estimate of drug-likeness (QED) is 0.760. The van der Waals surface area contributed by atoms with Gasteiger partial charge in [-0.25, -0.2) is 0 Å². The molecule has 6 nitrogen and oxygen atoms in total. The van der Waals surface area contributed by atoms with E-state index in [1.54, 1.807) is 18.9 Å². The fourth-order valence-corrected chi connectivity index (χ4v) is 2.55. The van der Waals surface area contributed by atoms with Crippen LogP contribution in [-0.4, -0.2) is 34.4 Å². The monoisotopic (exact) mass is 305 g/mol. The van der Waals surface area contributed by atoms with E-state index in [1.807, 2.05) is 37.3 Å². The molecule has 3 N–H and O–H groups in total. The van der Waals surface area contributed by atoms with E-state index in [0.717, 1.165) is 11.4 Å². The molecule has 2 rings (SSSR count). The largest absolute Gasteiger partial charge is 0.384 e. The van der Waals surface area contributed by atoms with Crippen molar-refractivity contribution in [3.63, 3.8) is 0 Å². The lowest BCUT2D eigenvalue weighted by atomic mass is 10.3. The van der Waals surface area contributed by atoms with Crippen LogP contribution in [0.2, 0.25) is 0 Å². The summed E-state index contributed by atoms with van der Waals surface area (Å²) in [6, 6.07) is 9.72. The number of para-hydroxylation sites is 1. The molecule has 7 heteroatoms. The third-order valence-corrected chi connectivity index (χ3v) is 3.83. The summed E-state index contributed by atoms with van der Waals surface area (Å²) in [5, 5.41) is 3.26. The summed E-state index contributed by atoms with van der Waals surface area (Å²) in [5.41, 5.74) is 6.68. The van der Waals surface area contributed by atoms with Crippen molar-refractivity contribution in [1.82, 2.24) is 15.0 Å². The molecule has 1 aromatic carbocycles. The lowest BCUT2D eigenvalue weighted by molar-refractivity contribution is 0.218. The Kier molecular flexibility index (Phi) is 5.77.